The topological polar surface area (TPSA) is 12.0 Å². The molecule has 1 unspecified atom stereocenters. The Morgan fingerprint density at radius 1 is 1.15 bits per heavy atom. The Morgan fingerprint density at radius 2 is 2.00 bits per heavy atom. The Morgan fingerprint density at radius 3 is 2.80 bits per heavy atom. The molecule has 0 spiro atoms. The van der Waals surface area contributed by atoms with Crippen molar-refractivity contribution in [2.45, 2.75) is 39.7 Å². The van der Waals surface area contributed by atoms with Gasteiger partial charge in [-0.2, -0.15) is 0 Å². The summed E-state index contributed by atoms with van der Waals surface area (Å²) in [6.07, 6.45) is 2.44. The first-order chi connectivity index (χ1) is 9.70. The second kappa shape index (κ2) is 5.41. The Labute approximate surface area is 122 Å². The van der Waals surface area contributed by atoms with Crippen LogP contribution in [0.15, 0.2) is 36.4 Å². The number of benzene rings is 2. The summed E-state index contributed by atoms with van der Waals surface area (Å²) in [7, 11) is 0. The molecule has 1 aliphatic rings. The molecule has 1 aliphatic carbocycles. The molecule has 0 heterocycles. The summed E-state index contributed by atoms with van der Waals surface area (Å²) >= 11 is 0. The van der Waals surface area contributed by atoms with Crippen molar-refractivity contribution in [3.05, 3.63) is 58.7 Å². The third kappa shape index (κ3) is 2.27. The normalized spacial score (nSPS) is 17.2. The molecule has 3 rings (SSSR count). The number of nitrogens with one attached hydrogen (secondary N) is 1. The van der Waals surface area contributed by atoms with Crippen molar-refractivity contribution in [3.8, 4) is 11.1 Å². The lowest BCUT2D eigenvalue weighted by atomic mass is 9.94. The minimum atomic E-state index is 0.558. The SMILES string of the molecule is CCNC1CCc2cc(-c3cccc(C)c3C)ccc21. The summed E-state index contributed by atoms with van der Waals surface area (Å²) in [6, 6.07) is 14.2. The van der Waals surface area contributed by atoms with Gasteiger partial charge >= 0.3 is 0 Å². The zero-order chi connectivity index (χ0) is 14.1. The van der Waals surface area contributed by atoms with Crippen LogP contribution in [0.5, 0.6) is 0 Å². The van der Waals surface area contributed by atoms with Crippen molar-refractivity contribution in [2.24, 2.45) is 0 Å². The van der Waals surface area contributed by atoms with Gasteiger partial charge in [0.2, 0.25) is 0 Å². The van der Waals surface area contributed by atoms with E-state index in [1.807, 2.05) is 0 Å². The van der Waals surface area contributed by atoms with E-state index in [0.29, 0.717) is 6.04 Å². The van der Waals surface area contributed by atoms with Crippen LogP contribution in [0.2, 0.25) is 0 Å². The van der Waals surface area contributed by atoms with Gasteiger partial charge in [0, 0.05) is 6.04 Å². The van der Waals surface area contributed by atoms with E-state index >= 15 is 0 Å². The van der Waals surface area contributed by atoms with Gasteiger partial charge in [0.05, 0.1) is 0 Å². The lowest BCUT2D eigenvalue weighted by molar-refractivity contribution is 0.549. The molecule has 2 aromatic rings. The van der Waals surface area contributed by atoms with Gasteiger partial charge < -0.3 is 5.32 Å². The highest BCUT2D eigenvalue weighted by Crippen LogP contribution is 2.35. The highest BCUT2D eigenvalue weighted by atomic mass is 14.9. The van der Waals surface area contributed by atoms with Crippen LogP contribution >= 0.6 is 0 Å². The minimum absolute atomic E-state index is 0.558. The number of aryl methyl sites for hydroxylation is 2. The lowest BCUT2D eigenvalue weighted by Crippen LogP contribution is -2.18. The van der Waals surface area contributed by atoms with E-state index in [0.717, 1.165) is 6.54 Å². The molecule has 0 saturated heterocycles. The largest absolute Gasteiger partial charge is 0.310 e. The summed E-state index contributed by atoms with van der Waals surface area (Å²) in [5.74, 6) is 0. The second-order valence-electron chi connectivity index (χ2n) is 5.81. The number of fused-ring (bicyclic) bond motifs is 1. The zero-order valence-corrected chi connectivity index (χ0v) is 12.7. The molecule has 20 heavy (non-hydrogen) atoms. The molecular formula is C19H23N. The Bertz CT molecular complexity index is 628. The van der Waals surface area contributed by atoms with Gasteiger partial charge in [-0.05, 0) is 66.6 Å². The van der Waals surface area contributed by atoms with E-state index < -0.39 is 0 Å². The van der Waals surface area contributed by atoms with E-state index in [1.165, 1.54) is 46.2 Å². The van der Waals surface area contributed by atoms with Crippen molar-refractivity contribution in [1.82, 2.24) is 5.32 Å². The maximum Gasteiger partial charge on any atom is 0.0326 e. The van der Waals surface area contributed by atoms with E-state index in [2.05, 4.69) is 62.5 Å². The fourth-order valence-corrected chi connectivity index (χ4v) is 3.31. The molecule has 104 valence electrons. The van der Waals surface area contributed by atoms with Crippen LogP contribution < -0.4 is 5.32 Å². The molecule has 1 atom stereocenters. The number of hydrogen-bond donors (Lipinski definition) is 1. The highest BCUT2D eigenvalue weighted by molar-refractivity contribution is 5.70. The molecule has 1 N–H and O–H groups in total. The zero-order valence-electron chi connectivity index (χ0n) is 12.7. The number of hydrogen-bond acceptors (Lipinski definition) is 1. The van der Waals surface area contributed by atoms with Gasteiger partial charge in [-0.3, -0.25) is 0 Å². The van der Waals surface area contributed by atoms with Crippen molar-refractivity contribution in [3.63, 3.8) is 0 Å². The summed E-state index contributed by atoms with van der Waals surface area (Å²) in [4.78, 5) is 0. The Hall–Kier alpha value is -1.60. The van der Waals surface area contributed by atoms with E-state index in [1.54, 1.807) is 0 Å². The predicted octanol–water partition coefficient (Wildman–Crippen LogP) is 4.57. The fraction of sp³-hybridized carbons (Fsp3) is 0.368. The third-order valence-electron chi connectivity index (χ3n) is 4.59. The molecule has 0 saturated carbocycles. The molecule has 0 aromatic heterocycles. The molecular weight excluding hydrogens is 242 g/mol. The fourth-order valence-electron chi connectivity index (χ4n) is 3.31. The first kappa shape index (κ1) is 13.4. The van der Waals surface area contributed by atoms with Gasteiger partial charge in [0.25, 0.3) is 0 Å². The van der Waals surface area contributed by atoms with Crippen LogP contribution in [0.4, 0.5) is 0 Å². The lowest BCUT2D eigenvalue weighted by Gasteiger charge is -2.14. The van der Waals surface area contributed by atoms with Gasteiger partial charge in [-0.25, -0.2) is 0 Å². The monoisotopic (exact) mass is 265 g/mol. The highest BCUT2D eigenvalue weighted by Gasteiger charge is 2.21. The maximum absolute atomic E-state index is 3.58. The molecule has 0 amide bonds. The quantitative estimate of drug-likeness (QED) is 0.857. The summed E-state index contributed by atoms with van der Waals surface area (Å²) in [5.41, 5.74) is 8.53. The second-order valence-corrected chi connectivity index (χ2v) is 5.81. The van der Waals surface area contributed by atoms with E-state index in [9.17, 15) is 0 Å². The summed E-state index contributed by atoms with van der Waals surface area (Å²) in [6.45, 7) is 7.64. The van der Waals surface area contributed by atoms with Crippen LogP contribution in [0.1, 0.15) is 41.6 Å². The van der Waals surface area contributed by atoms with Crippen LogP contribution in [0, 0.1) is 13.8 Å². The van der Waals surface area contributed by atoms with Crippen LogP contribution in [-0.2, 0) is 6.42 Å². The first-order valence-electron chi connectivity index (χ1n) is 7.63. The first-order valence-corrected chi connectivity index (χ1v) is 7.63. The van der Waals surface area contributed by atoms with Crippen molar-refractivity contribution in [2.75, 3.05) is 6.54 Å². The van der Waals surface area contributed by atoms with Gasteiger partial charge in [-0.1, -0.05) is 43.3 Å². The average Bonchev–Trinajstić information content (AvgIpc) is 2.85. The molecule has 0 fully saturated rings. The standard InChI is InChI=1S/C19H23N/c1-4-20-19-11-9-16-12-15(8-10-18(16)19)17-7-5-6-13(2)14(17)3/h5-8,10,12,19-20H,4,9,11H2,1-3H3. The van der Waals surface area contributed by atoms with Crippen LogP contribution in [0.25, 0.3) is 11.1 Å². The summed E-state index contributed by atoms with van der Waals surface area (Å²) < 4.78 is 0. The van der Waals surface area contributed by atoms with Crippen LogP contribution in [0.3, 0.4) is 0 Å². The van der Waals surface area contributed by atoms with Gasteiger partial charge in [0.15, 0.2) is 0 Å². The van der Waals surface area contributed by atoms with Crippen molar-refractivity contribution in [1.29, 1.82) is 0 Å². The molecule has 0 radical (unpaired) electrons. The Kier molecular flexibility index (Phi) is 3.62. The molecule has 1 nitrogen and oxygen atoms in total. The maximum atomic E-state index is 3.58. The van der Waals surface area contributed by atoms with Gasteiger partial charge in [-0.15, -0.1) is 0 Å². The average molecular weight is 265 g/mol. The minimum Gasteiger partial charge on any atom is -0.310 e. The van der Waals surface area contributed by atoms with E-state index in [-0.39, 0.29) is 0 Å². The van der Waals surface area contributed by atoms with Crippen molar-refractivity contribution < 1.29 is 0 Å². The Balaban J connectivity index is 2.00. The van der Waals surface area contributed by atoms with Gasteiger partial charge in [0.1, 0.15) is 0 Å². The third-order valence-corrected chi connectivity index (χ3v) is 4.59. The van der Waals surface area contributed by atoms with Crippen LogP contribution in [-0.4, -0.2) is 6.54 Å². The molecule has 0 bridgehead atoms. The molecule has 0 aliphatic heterocycles. The van der Waals surface area contributed by atoms with Crippen molar-refractivity contribution >= 4 is 0 Å². The summed E-state index contributed by atoms with van der Waals surface area (Å²) in [5, 5.41) is 3.58. The smallest absolute Gasteiger partial charge is 0.0326 e. The molecule has 2 aromatic carbocycles. The molecule has 1 heteroatoms. The van der Waals surface area contributed by atoms with E-state index in [4.69, 9.17) is 0 Å². The predicted molar refractivity (Wildman–Crippen MR) is 86.1 cm³/mol. The number of rotatable bonds is 3.